The predicted octanol–water partition coefficient (Wildman–Crippen LogP) is 5.70. The predicted molar refractivity (Wildman–Crippen MR) is 167 cm³/mol. The number of hydrogen-bond acceptors (Lipinski definition) is 9. The Morgan fingerprint density at radius 2 is 1.71 bits per heavy atom. The summed E-state index contributed by atoms with van der Waals surface area (Å²) < 4.78 is 12.1. The summed E-state index contributed by atoms with van der Waals surface area (Å²) in [4.78, 5) is 39.6. The number of amides is 2. The van der Waals surface area contributed by atoms with Crippen LogP contribution >= 0.6 is 0 Å². The quantitative estimate of drug-likeness (QED) is 0.386. The molecule has 3 heterocycles. The van der Waals surface area contributed by atoms with Crippen LogP contribution in [0.4, 0.5) is 16.4 Å². The van der Waals surface area contributed by atoms with Crippen LogP contribution in [0.1, 0.15) is 67.1 Å². The van der Waals surface area contributed by atoms with E-state index in [1.165, 1.54) is 0 Å². The highest BCUT2D eigenvalue weighted by Gasteiger charge is 2.39. The first kappa shape index (κ1) is 31.3. The van der Waals surface area contributed by atoms with Crippen molar-refractivity contribution in [1.82, 2.24) is 19.8 Å². The average Bonchev–Trinajstić information content (AvgIpc) is 3.39. The second-order valence-electron chi connectivity index (χ2n) is 12.4. The summed E-state index contributed by atoms with van der Waals surface area (Å²) in [5, 5.41) is 22.2. The van der Waals surface area contributed by atoms with Gasteiger partial charge in [0.15, 0.2) is 0 Å². The van der Waals surface area contributed by atoms with E-state index in [0.717, 1.165) is 28.8 Å². The first-order chi connectivity index (χ1) is 21.5. The maximum atomic E-state index is 13.8. The van der Waals surface area contributed by atoms with Gasteiger partial charge < -0.3 is 19.7 Å². The van der Waals surface area contributed by atoms with E-state index in [2.05, 4.69) is 17.5 Å². The molecule has 1 saturated heterocycles. The maximum Gasteiger partial charge on any atom is 0.410 e. The number of ether oxygens (including phenoxy) is 2. The van der Waals surface area contributed by atoms with Crippen molar-refractivity contribution in [3.8, 4) is 23.8 Å². The Hall–Kier alpha value is -5.16. The zero-order valence-electron chi connectivity index (χ0n) is 26.3. The van der Waals surface area contributed by atoms with Crippen LogP contribution in [0, 0.1) is 36.5 Å². The summed E-state index contributed by atoms with van der Waals surface area (Å²) in [7, 11) is 0. The van der Waals surface area contributed by atoms with Gasteiger partial charge in [-0.1, -0.05) is 12.1 Å². The number of carbonyl (C=O) groups is 2. The number of aromatic nitrogens is 2. The molecule has 1 fully saturated rings. The third-order valence-electron chi connectivity index (χ3n) is 7.86. The summed E-state index contributed by atoms with van der Waals surface area (Å²) >= 11 is 0. The lowest BCUT2D eigenvalue weighted by Crippen LogP contribution is -2.49. The number of nitrogens with one attached hydrogen (secondary N) is 1. The lowest BCUT2D eigenvalue weighted by atomic mass is 10.1. The van der Waals surface area contributed by atoms with E-state index in [9.17, 15) is 20.1 Å². The Kier molecular flexibility index (Phi) is 8.92. The smallest absolute Gasteiger partial charge is 0.410 e. The molecule has 1 N–H and O–H groups in total. The third kappa shape index (κ3) is 6.99. The van der Waals surface area contributed by atoms with Crippen LogP contribution in [0.5, 0.6) is 11.6 Å². The van der Waals surface area contributed by atoms with Gasteiger partial charge in [-0.25, -0.2) is 9.78 Å². The van der Waals surface area contributed by atoms with Crippen LogP contribution in [0.15, 0.2) is 36.4 Å². The van der Waals surface area contributed by atoms with Gasteiger partial charge >= 0.3 is 6.09 Å². The highest BCUT2D eigenvalue weighted by Crippen LogP contribution is 2.34. The van der Waals surface area contributed by atoms with Gasteiger partial charge in [0, 0.05) is 31.6 Å². The number of anilines is 2. The van der Waals surface area contributed by atoms with E-state index in [1.807, 2.05) is 40.7 Å². The van der Waals surface area contributed by atoms with Crippen molar-refractivity contribution in [3.05, 3.63) is 69.9 Å². The molecule has 0 aliphatic carbocycles. The lowest BCUT2D eigenvalue weighted by Gasteiger charge is -2.31. The van der Waals surface area contributed by atoms with Gasteiger partial charge in [0.1, 0.15) is 23.5 Å². The topological polar surface area (TPSA) is 144 Å². The molecule has 0 saturated carbocycles. The fraction of sp³-hybridized carbons (Fsp3) is 0.412. The van der Waals surface area contributed by atoms with Crippen LogP contribution in [0.3, 0.4) is 0 Å². The molecule has 232 valence electrons. The fourth-order valence-electron chi connectivity index (χ4n) is 5.78. The van der Waals surface area contributed by atoms with Gasteiger partial charge in [0.25, 0.3) is 0 Å². The zero-order chi connectivity index (χ0) is 32.3. The van der Waals surface area contributed by atoms with Gasteiger partial charge in [-0.2, -0.15) is 15.5 Å². The number of hydrogen-bond donors (Lipinski definition) is 1. The number of likely N-dealkylation sites (tertiary alicyclic amines) is 1. The lowest BCUT2D eigenvalue weighted by molar-refractivity contribution is -0.135. The summed E-state index contributed by atoms with van der Waals surface area (Å²) in [5.41, 5.74) is 3.97. The minimum absolute atomic E-state index is 0.110. The number of nitrogens with zero attached hydrogens (tertiary/aromatic N) is 6. The molecule has 0 radical (unpaired) electrons. The summed E-state index contributed by atoms with van der Waals surface area (Å²) in [6.07, 6.45) is 1.73. The number of rotatable bonds is 5. The standard InChI is InChI=1S/C34H37N7O4/c1-21-17-23(19-35)18-22(2)29(21)44-30-25-12-15-40(31(42)28-11-8-14-41(28)33(43)45-34(3,4)5)16-13-27(25)38-32(39-30)37-26-10-7-6-9-24(26)20-36/h6-7,9-10,17-18,28H,8,11-16H2,1-5H3,(H,37,38,39)/t28-/m0/s1. The Morgan fingerprint density at radius 3 is 2.40 bits per heavy atom. The number of benzene rings is 2. The van der Waals surface area contributed by atoms with E-state index in [-0.39, 0.29) is 11.9 Å². The molecule has 3 aromatic rings. The molecule has 45 heavy (non-hydrogen) atoms. The molecule has 0 unspecified atom stereocenters. The highest BCUT2D eigenvalue weighted by atomic mass is 16.6. The molecular weight excluding hydrogens is 570 g/mol. The molecule has 5 rings (SSSR count). The largest absolute Gasteiger partial charge is 0.444 e. The maximum absolute atomic E-state index is 13.8. The van der Waals surface area contributed by atoms with Crippen molar-refractivity contribution < 1.29 is 19.1 Å². The van der Waals surface area contributed by atoms with Crippen molar-refractivity contribution >= 4 is 23.6 Å². The van der Waals surface area contributed by atoms with Gasteiger partial charge in [-0.15, -0.1) is 0 Å². The Morgan fingerprint density at radius 1 is 1.00 bits per heavy atom. The number of carbonyl (C=O) groups excluding carboxylic acids is 2. The summed E-state index contributed by atoms with van der Waals surface area (Å²) in [6, 6.07) is 14.4. The average molecular weight is 608 g/mol. The van der Waals surface area contributed by atoms with Crippen LogP contribution < -0.4 is 10.1 Å². The Bertz CT molecular complexity index is 1690. The fourth-order valence-corrected chi connectivity index (χ4v) is 5.78. The minimum atomic E-state index is -0.655. The monoisotopic (exact) mass is 607 g/mol. The molecule has 0 bridgehead atoms. The van der Waals surface area contributed by atoms with Gasteiger partial charge in [-0.3, -0.25) is 9.69 Å². The van der Waals surface area contributed by atoms with Crippen molar-refractivity contribution in [1.29, 1.82) is 10.5 Å². The van der Waals surface area contributed by atoms with Crippen LogP contribution in [-0.4, -0.2) is 63.0 Å². The van der Waals surface area contributed by atoms with E-state index < -0.39 is 17.7 Å². The van der Waals surface area contributed by atoms with Gasteiger partial charge in [0.05, 0.1) is 28.6 Å². The number of para-hydroxylation sites is 1. The molecule has 2 amide bonds. The first-order valence-electron chi connectivity index (χ1n) is 15.1. The highest BCUT2D eigenvalue weighted by molar-refractivity contribution is 5.86. The number of fused-ring (bicyclic) bond motifs is 1. The molecule has 1 aromatic heterocycles. The van der Waals surface area contributed by atoms with E-state index >= 15 is 0 Å². The van der Waals surface area contributed by atoms with Crippen molar-refractivity contribution in [2.75, 3.05) is 25.0 Å². The summed E-state index contributed by atoms with van der Waals surface area (Å²) in [5.74, 6) is 1.09. The second kappa shape index (κ2) is 12.8. The molecule has 0 spiro atoms. The van der Waals surface area contributed by atoms with E-state index in [0.29, 0.717) is 67.3 Å². The van der Waals surface area contributed by atoms with Crippen molar-refractivity contribution in [2.24, 2.45) is 0 Å². The Labute approximate surface area is 263 Å². The third-order valence-corrected chi connectivity index (χ3v) is 7.86. The normalized spacial score (nSPS) is 16.2. The first-order valence-corrected chi connectivity index (χ1v) is 15.1. The van der Waals surface area contributed by atoms with Crippen molar-refractivity contribution in [3.63, 3.8) is 0 Å². The van der Waals surface area contributed by atoms with Crippen LogP contribution in [0.25, 0.3) is 0 Å². The van der Waals surface area contributed by atoms with Gasteiger partial charge in [0.2, 0.25) is 17.7 Å². The zero-order valence-corrected chi connectivity index (χ0v) is 26.3. The molecule has 2 aromatic carbocycles. The molecule has 2 aliphatic heterocycles. The SMILES string of the molecule is Cc1cc(C#N)cc(C)c1Oc1nc(Nc2ccccc2C#N)nc2c1CCN(C(=O)[C@@H]1CCCN1C(=O)OC(C)(C)C)CC2. The summed E-state index contributed by atoms with van der Waals surface area (Å²) in [6.45, 7) is 10.5. The number of nitriles is 2. The molecule has 11 heteroatoms. The van der Waals surface area contributed by atoms with E-state index in [4.69, 9.17) is 19.4 Å². The molecular formula is C34H37N7O4. The van der Waals surface area contributed by atoms with Crippen molar-refractivity contribution in [2.45, 2.75) is 71.9 Å². The Balaban J connectivity index is 1.45. The molecule has 2 aliphatic rings. The second-order valence-corrected chi connectivity index (χ2v) is 12.4. The minimum Gasteiger partial charge on any atom is -0.444 e. The van der Waals surface area contributed by atoms with Crippen LogP contribution in [-0.2, 0) is 22.4 Å². The molecule has 1 atom stereocenters. The van der Waals surface area contributed by atoms with Gasteiger partial charge in [-0.05, 0) is 89.3 Å². The van der Waals surface area contributed by atoms with E-state index in [1.54, 1.807) is 40.1 Å². The molecule has 11 nitrogen and oxygen atoms in total. The number of aryl methyl sites for hydroxylation is 2. The van der Waals surface area contributed by atoms with Crippen LogP contribution in [0.2, 0.25) is 0 Å².